The van der Waals surface area contributed by atoms with E-state index in [0.717, 1.165) is 6.29 Å². The van der Waals surface area contributed by atoms with Crippen molar-refractivity contribution in [3.63, 3.8) is 0 Å². The smallest absolute Gasteiger partial charge is 0.320 e. The summed E-state index contributed by atoms with van der Waals surface area (Å²) in [6, 6.07) is 0. The lowest BCUT2D eigenvalue weighted by Crippen LogP contribution is -2.71. The van der Waals surface area contributed by atoms with Gasteiger partial charge in [0.25, 0.3) is 0 Å². The summed E-state index contributed by atoms with van der Waals surface area (Å²) in [4.78, 5) is 50.7. The van der Waals surface area contributed by atoms with Gasteiger partial charge in [0.15, 0.2) is 5.78 Å². The standard InChI is InChI=1S/C22H28O7/c1-11-13-7-14(25)17-21(8-13,18(11)26)19(27)28-10-22(17)15(9-23)20(3,4)6-5-16(22)29-12(2)24/h9,13-17,25H,1,5-8,10H2,2-4H3/t13-,14+,15-,16+,17-,21+,22+/m1/s1. The second-order valence-electron chi connectivity index (χ2n) is 9.94. The van der Waals surface area contributed by atoms with Gasteiger partial charge >= 0.3 is 11.9 Å². The molecule has 0 aromatic heterocycles. The number of allylic oxidation sites excluding steroid dienone is 1. The topological polar surface area (TPSA) is 107 Å². The van der Waals surface area contributed by atoms with Crippen LogP contribution < -0.4 is 0 Å². The van der Waals surface area contributed by atoms with E-state index in [2.05, 4.69) is 6.58 Å². The molecule has 3 saturated carbocycles. The Hall–Kier alpha value is -2.02. The molecule has 0 radical (unpaired) electrons. The molecule has 0 unspecified atom stereocenters. The first-order chi connectivity index (χ1) is 13.5. The zero-order valence-electron chi connectivity index (χ0n) is 17.1. The van der Waals surface area contributed by atoms with Crippen LogP contribution in [0.1, 0.15) is 46.5 Å². The molecule has 7 atom stereocenters. The number of ketones is 1. The van der Waals surface area contributed by atoms with Crippen molar-refractivity contribution in [1.82, 2.24) is 0 Å². The Morgan fingerprint density at radius 3 is 2.66 bits per heavy atom. The van der Waals surface area contributed by atoms with Crippen molar-refractivity contribution < 1.29 is 33.8 Å². The lowest BCUT2D eigenvalue weighted by Gasteiger charge is -2.62. The maximum absolute atomic E-state index is 13.3. The van der Waals surface area contributed by atoms with Gasteiger partial charge in [0, 0.05) is 18.8 Å². The van der Waals surface area contributed by atoms with Crippen molar-refractivity contribution in [2.24, 2.45) is 34.0 Å². The number of hydrogen-bond acceptors (Lipinski definition) is 7. The molecule has 4 fully saturated rings. The molecule has 0 aromatic carbocycles. The number of ether oxygens (including phenoxy) is 2. The van der Waals surface area contributed by atoms with Crippen molar-refractivity contribution in [1.29, 1.82) is 0 Å². The number of carbonyl (C=O) groups excluding carboxylic acids is 4. The second-order valence-corrected chi connectivity index (χ2v) is 9.94. The first-order valence-electron chi connectivity index (χ1n) is 10.2. The quantitative estimate of drug-likeness (QED) is 0.322. The maximum Gasteiger partial charge on any atom is 0.320 e. The fraction of sp³-hybridized carbons (Fsp3) is 0.727. The Morgan fingerprint density at radius 1 is 1.34 bits per heavy atom. The van der Waals surface area contributed by atoms with Gasteiger partial charge in [0.1, 0.15) is 24.4 Å². The Bertz CT molecular complexity index is 814. The predicted octanol–water partition coefficient (Wildman–Crippen LogP) is 1.61. The third-order valence-corrected chi connectivity index (χ3v) is 8.11. The van der Waals surface area contributed by atoms with Gasteiger partial charge in [0.05, 0.1) is 11.5 Å². The molecule has 2 bridgehead atoms. The molecule has 7 heteroatoms. The zero-order valence-corrected chi connectivity index (χ0v) is 17.1. The van der Waals surface area contributed by atoms with Crippen molar-refractivity contribution in [3.8, 4) is 0 Å². The largest absolute Gasteiger partial charge is 0.464 e. The van der Waals surface area contributed by atoms with Crippen LogP contribution in [0.5, 0.6) is 0 Å². The monoisotopic (exact) mass is 404 g/mol. The van der Waals surface area contributed by atoms with Gasteiger partial charge in [-0.25, -0.2) is 0 Å². The first kappa shape index (κ1) is 20.3. The van der Waals surface area contributed by atoms with Crippen LogP contribution in [-0.2, 0) is 28.7 Å². The summed E-state index contributed by atoms with van der Waals surface area (Å²) >= 11 is 0. The molecule has 0 aromatic rings. The number of rotatable bonds is 2. The van der Waals surface area contributed by atoms with E-state index in [9.17, 15) is 24.3 Å². The molecule has 4 rings (SSSR count). The average Bonchev–Trinajstić information content (AvgIpc) is 2.83. The molecule has 3 aliphatic carbocycles. The van der Waals surface area contributed by atoms with Crippen LogP contribution in [-0.4, -0.2) is 47.9 Å². The molecule has 1 aliphatic heterocycles. The van der Waals surface area contributed by atoms with Gasteiger partial charge in [-0.15, -0.1) is 0 Å². The minimum atomic E-state index is -1.56. The predicted molar refractivity (Wildman–Crippen MR) is 100 cm³/mol. The Labute approximate surface area is 169 Å². The number of carbonyl (C=O) groups is 4. The van der Waals surface area contributed by atoms with E-state index in [1.54, 1.807) is 0 Å². The van der Waals surface area contributed by atoms with E-state index in [4.69, 9.17) is 9.47 Å². The highest BCUT2D eigenvalue weighted by molar-refractivity contribution is 6.15. The first-order valence-corrected chi connectivity index (χ1v) is 10.2. The number of esters is 2. The summed E-state index contributed by atoms with van der Waals surface area (Å²) in [6.45, 7) is 8.92. The van der Waals surface area contributed by atoms with E-state index in [-0.39, 0.29) is 18.9 Å². The summed E-state index contributed by atoms with van der Waals surface area (Å²) in [5.74, 6) is -3.36. The van der Waals surface area contributed by atoms with Crippen LogP contribution in [0.3, 0.4) is 0 Å². The zero-order chi connectivity index (χ0) is 21.4. The second kappa shape index (κ2) is 6.24. The third kappa shape index (κ3) is 2.39. The highest BCUT2D eigenvalue weighted by atomic mass is 16.6. The molecule has 1 saturated heterocycles. The van der Waals surface area contributed by atoms with Crippen LogP contribution in [0.25, 0.3) is 0 Å². The van der Waals surface area contributed by atoms with Gasteiger partial charge in [-0.2, -0.15) is 0 Å². The highest BCUT2D eigenvalue weighted by Gasteiger charge is 2.76. The molecule has 29 heavy (non-hydrogen) atoms. The summed E-state index contributed by atoms with van der Waals surface area (Å²) in [6.07, 6.45) is 0.715. The molecular weight excluding hydrogens is 376 g/mol. The van der Waals surface area contributed by atoms with Gasteiger partial charge in [-0.3, -0.25) is 14.4 Å². The van der Waals surface area contributed by atoms with Crippen molar-refractivity contribution >= 4 is 24.0 Å². The minimum Gasteiger partial charge on any atom is -0.464 e. The Kier molecular flexibility index (Phi) is 4.36. The van der Waals surface area contributed by atoms with Crippen molar-refractivity contribution in [2.45, 2.75) is 58.7 Å². The number of fused-ring (bicyclic) bond motifs is 2. The van der Waals surface area contributed by atoms with Crippen molar-refractivity contribution in [2.75, 3.05) is 6.61 Å². The Balaban J connectivity index is 1.96. The fourth-order valence-corrected chi connectivity index (χ4v) is 6.97. The SMILES string of the molecule is C=C1C(=O)[C@]23C[C@H]1C[C@H](O)[C@H]2[C@]1(COC3=O)[C@@H](OC(C)=O)CCC(C)(C)[C@H]1C=O. The fourth-order valence-electron chi connectivity index (χ4n) is 6.97. The van der Waals surface area contributed by atoms with Crippen LogP contribution in [0, 0.1) is 34.0 Å². The van der Waals surface area contributed by atoms with E-state index in [1.165, 1.54) is 6.92 Å². The number of Topliss-reactive ketones (excluding diaryl/α,β-unsaturated/α-hetero) is 1. The summed E-state index contributed by atoms with van der Waals surface area (Å²) in [5, 5.41) is 11.2. The molecular formula is C22H28O7. The van der Waals surface area contributed by atoms with E-state index in [1.807, 2.05) is 13.8 Å². The average molecular weight is 404 g/mol. The number of hydrogen-bond donors (Lipinski definition) is 1. The van der Waals surface area contributed by atoms with Gasteiger partial charge < -0.3 is 19.4 Å². The molecule has 7 nitrogen and oxygen atoms in total. The van der Waals surface area contributed by atoms with E-state index in [0.29, 0.717) is 24.8 Å². The van der Waals surface area contributed by atoms with Crippen LogP contribution in [0.15, 0.2) is 12.2 Å². The van der Waals surface area contributed by atoms with Gasteiger partial charge in [0.2, 0.25) is 0 Å². The lowest BCUT2D eigenvalue weighted by atomic mass is 9.43. The molecule has 1 heterocycles. The van der Waals surface area contributed by atoms with Crippen LogP contribution in [0.4, 0.5) is 0 Å². The van der Waals surface area contributed by atoms with Gasteiger partial charge in [-0.1, -0.05) is 20.4 Å². The molecule has 158 valence electrons. The summed E-state index contributed by atoms with van der Waals surface area (Å²) in [5.41, 5.74) is -2.86. The van der Waals surface area contributed by atoms with Gasteiger partial charge in [-0.05, 0) is 42.6 Å². The lowest BCUT2D eigenvalue weighted by molar-refractivity contribution is -0.253. The van der Waals surface area contributed by atoms with Crippen molar-refractivity contribution in [3.05, 3.63) is 12.2 Å². The van der Waals surface area contributed by atoms with Crippen LogP contribution in [0.2, 0.25) is 0 Å². The normalized spacial score (nSPS) is 45.5. The Morgan fingerprint density at radius 2 is 2.03 bits per heavy atom. The van der Waals surface area contributed by atoms with E-state index >= 15 is 0 Å². The summed E-state index contributed by atoms with van der Waals surface area (Å²) < 4.78 is 11.3. The maximum atomic E-state index is 13.3. The number of aldehydes is 1. The third-order valence-electron chi connectivity index (χ3n) is 8.11. The summed E-state index contributed by atoms with van der Waals surface area (Å²) in [7, 11) is 0. The van der Waals surface area contributed by atoms with Crippen LogP contribution >= 0.6 is 0 Å². The number of cyclic esters (lactones) is 1. The molecule has 1 N–H and O–H groups in total. The number of aliphatic hydroxyl groups excluding tert-OH is 1. The van der Waals surface area contributed by atoms with E-state index < -0.39 is 58.0 Å². The number of aliphatic hydroxyl groups is 1. The molecule has 0 amide bonds. The molecule has 2 spiro atoms. The molecule has 4 aliphatic rings. The minimum absolute atomic E-state index is 0.162. The highest BCUT2D eigenvalue weighted by Crippen LogP contribution is 2.68.